The van der Waals surface area contributed by atoms with Gasteiger partial charge in [0.25, 0.3) is 0 Å². The molecule has 0 aromatic carbocycles. The molecule has 0 aromatic rings. The Labute approximate surface area is 91.6 Å². The minimum absolute atomic E-state index is 0.243. The summed E-state index contributed by atoms with van der Waals surface area (Å²) >= 11 is 0. The van der Waals surface area contributed by atoms with Crippen molar-refractivity contribution in [2.75, 3.05) is 0 Å². The van der Waals surface area contributed by atoms with E-state index in [0.717, 1.165) is 11.8 Å². The molecule has 0 heterocycles. The van der Waals surface area contributed by atoms with E-state index in [0.29, 0.717) is 0 Å². The third kappa shape index (κ3) is 5.98. The summed E-state index contributed by atoms with van der Waals surface area (Å²) in [5.74, 6) is 0. The van der Waals surface area contributed by atoms with Gasteiger partial charge in [0, 0.05) is 0 Å². The molecule has 0 spiro atoms. The smallest absolute Gasteiger partial charge is 0.113 e. The maximum atomic E-state index is 10.4. The summed E-state index contributed by atoms with van der Waals surface area (Å²) in [6, 6.07) is 0. The van der Waals surface area contributed by atoms with E-state index in [-0.39, 0.29) is 10.8 Å². The Bertz CT molecular complexity index is 272. The van der Waals surface area contributed by atoms with Crippen LogP contribution in [-0.2, 0) is 9.09 Å². The predicted octanol–water partition coefficient (Wildman–Crippen LogP) is 1.81. The third-order valence-corrected chi connectivity index (χ3v) is 2.28. The molecule has 0 aliphatic carbocycles. The summed E-state index contributed by atoms with van der Waals surface area (Å²) in [5.41, 5.74) is 0.294. The van der Waals surface area contributed by atoms with E-state index in [1.807, 2.05) is 41.5 Å². The van der Waals surface area contributed by atoms with Crippen LogP contribution in [0.25, 0.3) is 0 Å². The van der Waals surface area contributed by atoms with Crippen molar-refractivity contribution in [2.45, 2.75) is 41.5 Å². The highest BCUT2D eigenvalue weighted by Gasteiger charge is 2.28. The van der Waals surface area contributed by atoms with Gasteiger partial charge in [0.1, 0.15) is 7.82 Å². The topological polar surface area (TPSA) is 72.4 Å². The van der Waals surface area contributed by atoms with Crippen molar-refractivity contribution in [3.63, 3.8) is 0 Å². The van der Waals surface area contributed by atoms with Gasteiger partial charge >= 0.3 is 0 Å². The molecular weight excluding hydrogens is 215 g/mol. The molecule has 0 radical (unpaired) electrons. The molecule has 0 atom stereocenters. The molecule has 5 heteroatoms. The standard InChI is InChI=1S/C10H21O4P/c1-9(2,3)8(10(4,5)6)7-14-15(11,12)13/h7H,1-6H3,(H2,11,12,13)/p-2. The van der Waals surface area contributed by atoms with Crippen LogP contribution in [0.4, 0.5) is 0 Å². The maximum Gasteiger partial charge on any atom is 0.113 e. The van der Waals surface area contributed by atoms with Crippen molar-refractivity contribution in [3.8, 4) is 0 Å². The Morgan fingerprint density at radius 1 is 1.07 bits per heavy atom. The van der Waals surface area contributed by atoms with Gasteiger partial charge in [0.15, 0.2) is 0 Å². The second-order valence-electron chi connectivity index (χ2n) is 5.58. The van der Waals surface area contributed by atoms with Crippen LogP contribution in [0.5, 0.6) is 0 Å². The van der Waals surface area contributed by atoms with E-state index < -0.39 is 7.82 Å². The minimum atomic E-state index is -4.94. The second-order valence-corrected chi connectivity index (χ2v) is 6.69. The number of hydrogen-bond donors (Lipinski definition) is 0. The van der Waals surface area contributed by atoms with E-state index in [9.17, 15) is 14.4 Å². The molecule has 0 N–H and O–H groups in total. The molecule has 0 aliphatic rings. The van der Waals surface area contributed by atoms with Crippen LogP contribution in [0.3, 0.4) is 0 Å². The SMILES string of the molecule is CC(C)(C)C(=COP(=O)([O-])[O-])C(C)(C)C. The number of phosphoric acid groups is 1. The van der Waals surface area contributed by atoms with Crippen molar-refractivity contribution in [3.05, 3.63) is 11.8 Å². The van der Waals surface area contributed by atoms with Crippen LogP contribution in [0, 0.1) is 10.8 Å². The predicted molar refractivity (Wildman–Crippen MR) is 55.7 cm³/mol. The Kier molecular flexibility index (Phi) is 4.19. The molecule has 15 heavy (non-hydrogen) atoms. The van der Waals surface area contributed by atoms with Crippen LogP contribution in [0.2, 0.25) is 0 Å². The molecule has 0 bridgehead atoms. The van der Waals surface area contributed by atoms with Gasteiger partial charge in [0.05, 0.1) is 6.26 Å². The van der Waals surface area contributed by atoms with Crippen LogP contribution in [0.1, 0.15) is 41.5 Å². The lowest BCUT2D eigenvalue weighted by atomic mass is 9.73. The maximum absolute atomic E-state index is 10.4. The Balaban J connectivity index is 5.07. The average molecular weight is 234 g/mol. The van der Waals surface area contributed by atoms with Crippen molar-refractivity contribution in [2.24, 2.45) is 10.8 Å². The Morgan fingerprint density at radius 3 is 1.60 bits per heavy atom. The first-order valence-electron chi connectivity index (χ1n) is 4.75. The molecule has 4 nitrogen and oxygen atoms in total. The van der Waals surface area contributed by atoms with Gasteiger partial charge in [-0.1, -0.05) is 41.5 Å². The summed E-state index contributed by atoms with van der Waals surface area (Å²) in [6.45, 7) is 11.6. The van der Waals surface area contributed by atoms with Gasteiger partial charge in [-0.15, -0.1) is 0 Å². The summed E-state index contributed by atoms with van der Waals surface area (Å²) in [5, 5.41) is 0. The first-order chi connectivity index (χ1) is 6.34. The summed E-state index contributed by atoms with van der Waals surface area (Å²) in [7, 11) is -4.94. The Morgan fingerprint density at radius 2 is 1.40 bits per heavy atom. The highest BCUT2D eigenvalue weighted by molar-refractivity contribution is 7.43. The van der Waals surface area contributed by atoms with Crippen molar-refractivity contribution < 1.29 is 18.9 Å². The highest BCUT2D eigenvalue weighted by Crippen LogP contribution is 2.40. The molecule has 0 aliphatic heterocycles. The van der Waals surface area contributed by atoms with Crippen molar-refractivity contribution in [1.82, 2.24) is 0 Å². The third-order valence-electron chi connectivity index (χ3n) is 1.92. The molecule has 0 unspecified atom stereocenters. The average Bonchev–Trinajstić information content (AvgIpc) is 1.75. The van der Waals surface area contributed by atoms with Crippen molar-refractivity contribution in [1.29, 1.82) is 0 Å². The van der Waals surface area contributed by atoms with E-state index in [4.69, 9.17) is 0 Å². The monoisotopic (exact) mass is 234 g/mol. The molecule has 0 saturated heterocycles. The van der Waals surface area contributed by atoms with Crippen molar-refractivity contribution >= 4 is 7.82 Å². The zero-order valence-electron chi connectivity index (χ0n) is 10.2. The Hall–Kier alpha value is -0.310. The van der Waals surface area contributed by atoms with Gasteiger partial charge in [-0.05, 0) is 16.4 Å². The first kappa shape index (κ1) is 14.7. The molecule has 0 amide bonds. The quantitative estimate of drug-likeness (QED) is 0.539. The van der Waals surface area contributed by atoms with Crippen LogP contribution in [0.15, 0.2) is 11.8 Å². The largest absolute Gasteiger partial charge is 0.780 e. The summed E-state index contributed by atoms with van der Waals surface area (Å²) in [6.07, 6.45) is 1.07. The molecular formula is C10H19O4P-2. The zero-order valence-corrected chi connectivity index (χ0v) is 11.1. The van der Waals surface area contributed by atoms with Crippen LogP contribution in [-0.4, -0.2) is 0 Å². The van der Waals surface area contributed by atoms with Crippen LogP contribution < -0.4 is 9.79 Å². The molecule has 0 fully saturated rings. The zero-order chi connectivity index (χ0) is 12.5. The molecule has 90 valence electrons. The van der Waals surface area contributed by atoms with Gasteiger partial charge in [-0.2, -0.15) is 0 Å². The summed E-state index contributed by atoms with van der Waals surface area (Å²) < 4.78 is 14.6. The van der Waals surface area contributed by atoms with Gasteiger partial charge in [-0.25, -0.2) is 0 Å². The fraction of sp³-hybridized carbons (Fsp3) is 0.800. The number of phosphoric ester groups is 1. The first-order valence-corrected chi connectivity index (χ1v) is 6.22. The second kappa shape index (κ2) is 4.28. The molecule has 0 rings (SSSR count). The highest BCUT2D eigenvalue weighted by atomic mass is 31.2. The van der Waals surface area contributed by atoms with Gasteiger partial charge < -0.3 is 18.9 Å². The molecule has 0 saturated carbocycles. The lowest BCUT2D eigenvalue weighted by Crippen LogP contribution is -2.23. The van der Waals surface area contributed by atoms with Crippen LogP contribution >= 0.6 is 7.82 Å². The fourth-order valence-electron chi connectivity index (χ4n) is 1.60. The normalized spacial score (nSPS) is 13.6. The summed E-state index contributed by atoms with van der Waals surface area (Å²) in [4.78, 5) is 20.8. The molecule has 0 aromatic heterocycles. The fourth-order valence-corrected chi connectivity index (χ4v) is 1.83. The lowest BCUT2D eigenvalue weighted by Gasteiger charge is -2.35. The number of hydrogen-bond acceptors (Lipinski definition) is 4. The van der Waals surface area contributed by atoms with E-state index in [2.05, 4.69) is 4.52 Å². The van der Waals surface area contributed by atoms with E-state index >= 15 is 0 Å². The minimum Gasteiger partial charge on any atom is -0.780 e. The van der Waals surface area contributed by atoms with E-state index in [1.54, 1.807) is 0 Å². The van der Waals surface area contributed by atoms with Gasteiger partial charge in [0.2, 0.25) is 0 Å². The number of allylic oxidation sites excluding steroid dienone is 1. The number of rotatable bonds is 2. The lowest BCUT2D eigenvalue weighted by molar-refractivity contribution is -0.337. The van der Waals surface area contributed by atoms with Gasteiger partial charge in [-0.3, -0.25) is 0 Å². The van der Waals surface area contributed by atoms with E-state index in [1.165, 1.54) is 0 Å².